The standard InChI is InChI=1S/C21H23F3N8O/c1-26-20(16(9-25)33-15-4-5-31(2)12-15)13-3-6-32-14(7-13)8-18(30-32)29-19-11-27-17(10-28-19)21(22,23)24/h3,6-11,15H,4-5,12,25H2,1-2H3,(H,28,29,30)/b16-9+,26-20?/t15-/m0/s1. The third-order valence-corrected chi connectivity index (χ3v) is 5.19. The topological polar surface area (TPSA) is 106 Å². The van der Waals surface area contributed by atoms with Gasteiger partial charge in [-0.3, -0.25) is 4.99 Å². The number of hydrogen-bond acceptors (Lipinski definition) is 8. The fourth-order valence-corrected chi connectivity index (χ4v) is 3.60. The van der Waals surface area contributed by atoms with Crippen molar-refractivity contribution in [2.24, 2.45) is 10.7 Å². The molecule has 3 N–H and O–H groups in total. The Morgan fingerprint density at radius 2 is 2.09 bits per heavy atom. The van der Waals surface area contributed by atoms with Gasteiger partial charge in [-0.25, -0.2) is 14.5 Å². The molecule has 1 atom stereocenters. The summed E-state index contributed by atoms with van der Waals surface area (Å²) in [7, 11) is 3.71. The van der Waals surface area contributed by atoms with Crippen molar-refractivity contribution in [3.63, 3.8) is 0 Å². The molecule has 0 aliphatic carbocycles. The Bertz CT molecular complexity index is 1190. The number of alkyl halides is 3. The molecule has 0 saturated carbocycles. The number of fused-ring (bicyclic) bond motifs is 1. The summed E-state index contributed by atoms with van der Waals surface area (Å²) in [6, 6.07) is 5.43. The lowest BCUT2D eigenvalue weighted by Crippen LogP contribution is -2.22. The number of pyridine rings is 1. The fourth-order valence-electron chi connectivity index (χ4n) is 3.60. The highest BCUT2D eigenvalue weighted by molar-refractivity contribution is 6.11. The van der Waals surface area contributed by atoms with E-state index in [4.69, 9.17) is 10.5 Å². The lowest BCUT2D eigenvalue weighted by atomic mass is 10.1. The number of likely N-dealkylation sites (N-methyl/N-ethyl adjacent to an activating group) is 1. The van der Waals surface area contributed by atoms with Crippen LogP contribution in [0.2, 0.25) is 0 Å². The minimum Gasteiger partial charge on any atom is -0.485 e. The molecule has 4 rings (SSSR count). The van der Waals surface area contributed by atoms with Crippen molar-refractivity contribution < 1.29 is 17.9 Å². The minimum absolute atomic E-state index is 0.0425. The van der Waals surface area contributed by atoms with E-state index in [2.05, 4.69) is 30.3 Å². The van der Waals surface area contributed by atoms with E-state index in [0.29, 0.717) is 23.5 Å². The number of halogens is 3. The molecule has 1 aliphatic rings. The number of anilines is 2. The molecule has 1 fully saturated rings. The first kappa shape index (κ1) is 22.5. The lowest BCUT2D eigenvalue weighted by Gasteiger charge is -2.18. The first-order chi connectivity index (χ1) is 15.8. The van der Waals surface area contributed by atoms with Gasteiger partial charge in [0.1, 0.15) is 17.6 Å². The van der Waals surface area contributed by atoms with Crippen LogP contribution in [0.25, 0.3) is 5.52 Å². The molecule has 0 bridgehead atoms. The summed E-state index contributed by atoms with van der Waals surface area (Å²) in [5, 5.41) is 7.22. The van der Waals surface area contributed by atoms with Crippen LogP contribution in [-0.4, -0.2) is 63.5 Å². The van der Waals surface area contributed by atoms with E-state index in [1.54, 1.807) is 23.8 Å². The average molecular weight is 460 g/mol. The monoisotopic (exact) mass is 460 g/mol. The molecule has 1 saturated heterocycles. The SMILES string of the molecule is CN=C(/C(=C\N)O[C@H]1CCN(C)C1)c1ccn2nc(Nc3cnc(C(F)(F)F)cn3)cc2c1. The van der Waals surface area contributed by atoms with Crippen LogP contribution < -0.4 is 11.1 Å². The Labute approximate surface area is 187 Å². The predicted octanol–water partition coefficient (Wildman–Crippen LogP) is 2.83. The molecule has 3 aromatic heterocycles. The van der Waals surface area contributed by atoms with Crippen LogP contribution >= 0.6 is 0 Å². The number of hydrogen-bond donors (Lipinski definition) is 2. The van der Waals surface area contributed by atoms with Gasteiger partial charge in [0.15, 0.2) is 17.3 Å². The third-order valence-electron chi connectivity index (χ3n) is 5.19. The molecule has 174 valence electrons. The number of aliphatic imine (C=N–C) groups is 1. The van der Waals surface area contributed by atoms with Gasteiger partial charge in [0.2, 0.25) is 0 Å². The van der Waals surface area contributed by atoms with Crippen LogP contribution in [-0.2, 0) is 10.9 Å². The highest BCUT2D eigenvalue weighted by Crippen LogP contribution is 2.27. The van der Waals surface area contributed by atoms with Gasteiger partial charge in [-0.15, -0.1) is 0 Å². The maximum Gasteiger partial charge on any atom is 0.434 e. The third kappa shape index (κ3) is 5.06. The van der Waals surface area contributed by atoms with Gasteiger partial charge in [0, 0.05) is 44.2 Å². The van der Waals surface area contributed by atoms with E-state index in [0.717, 1.165) is 36.8 Å². The number of rotatable bonds is 6. The average Bonchev–Trinajstić information content (AvgIpc) is 3.37. The van der Waals surface area contributed by atoms with Crippen molar-refractivity contribution in [1.29, 1.82) is 0 Å². The number of ether oxygens (including phenoxy) is 1. The van der Waals surface area contributed by atoms with E-state index in [9.17, 15) is 13.2 Å². The van der Waals surface area contributed by atoms with Gasteiger partial charge in [0.05, 0.1) is 17.9 Å². The number of allylic oxidation sites excluding steroid dienone is 1. The summed E-state index contributed by atoms with van der Waals surface area (Å²) in [6.45, 7) is 1.78. The van der Waals surface area contributed by atoms with Gasteiger partial charge in [-0.1, -0.05) is 0 Å². The molecule has 0 amide bonds. The van der Waals surface area contributed by atoms with Crippen molar-refractivity contribution in [1.82, 2.24) is 24.5 Å². The zero-order valence-electron chi connectivity index (χ0n) is 18.0. The summed E-state index contributed by atoms with van der Waals surface area (Å²) in [5.41, 5.74) is 6.91. The second-order valence-electron chi connectivity index (χ2n) is 7.62. The molecule has 9 nitrogen and oxygen atoms in total. The van der Waals surface area contributed by atoms with Gasteiger partial charge < -0.3 is 20.7 Å². The molecular weight excluding hydrogens is 437 g/mol. The summed E-state index contributed by atoms with van der Waals surface area (Å²) in [5.74, 6) is 1.04. The maximum atomic E-state index is 12.7. The second kappa shape index (κ2) is 9.06. The normalized spacial score (nSPS) is 18.2. The fraction of sp³-hybridized carbons (Fsp3) is 0.333. The zero-order valence-corrected chi connectivity index (χ0v) is 18.0. The number of nitrogens with one attached hydrogen (secondary N) is 1. The van der Waals surface area contributed by atoms with E-state index in [1.807, 2.05) is 19.2 Å². The lowest BCUT2D eigenvalue weighted by molar-refractivity contribution is -0.141. The Morgan fingerprint density at radius 1 is 1.27 bits per heavy atom. The molecular formula is C21H23F3N8O. The molecule has 3 aromatic rings. The van der Waals surface area contributed by atoms with E-state index >= 15 is 0 Å². The molecule has 12 heteroatoms. The summed E-state index contributed by atoms with van der Waals surface area (Å²) in [4.78, 5) is 13.7. The summed E-state index contributed by atoms with van der Waals surface area (Å²) >= 11 is 0. The predicted molar refractivity (Wildman–Crippen MR) is 117 cm³/mol. The van der Waals surface area contributed by atoms with Crippen molar-refractivity contribution in [3.8, 4) is 0 Å². The summed E-state index contributed by atoms with van der Waals surface area (Å²) < 4.78 is 45.7. The molecule has 0 unspecified atom stereocenters. The van der Waals surface area contributed by atoms with Crippen LogP contribution in [0.15, 0.2) is 53.7 Å². The largest absolute Gasteiger partial charge is 0.485 e. The Hall–Kier alpha value is -3.67. The molecule has 33 heavy (non-hydrogen) atoms. The molecule has 0 aromatic carbocycles. The van der Waals surface area contributed by atoms with E-state index in [-0.39, 0.29) is 11.9 Å². The van der Waals surface area contributed by atoms with Gasteiger partial charge >= 0.3 is 6.18 Å². The molecule has 0 spiro atoms. The van der Waals surface area contributed by atoms with E-state index < -0.39 is 11.9 Å². The van der Waals surface area contributed by atoms with Crippen LogP contribution in [0, 0.1) is 0 Å². The Kier molecular flexibility index (Phi) is 6.18. The van der Waals surface area contributed by atoms with Crippen LogP contribution in [0.4, 0.5) is 24.8 Å². The van der Waals surface area contributed by atoms with Crippen LogP contribution in [0.5, 0.6) is 0 Å². The highest BCUT2D eigenvalue weighted by atomic mass is 19.4. The van der Waals surface area contributed by atoms with Crippen molar-refractivity contribution in [3.05, 3.63) is 60.0 Å². The number of nitrogens with two attached hydrogens (primary N) is 1. The number of aromatic nitrogens is 4. The molecule has 0 radical (unpaired) electrons. The van der Waals surface area contributed by atoms with Crippen LogP contribution in [0.3, 0.4) is 0 Å². The second-order valence-corrected chi connectivity index (χ2v) is 7.62. The minimum atomic E-state index is -4.54. The Morgan fingerprint density at radius 3 is 2.70 bits per heavy atom. The first-order valence-electron chi connectivity index (χ1n) is 10.2. The van der Waals surface area contributed by atoms with Crippen LogP contribution in [0.1, 0.15) is 17.7 Å². The van der Waals surface area contributed by atoms with Crippen molar-refractivity contribution in [2.45, 2.75) is 18.7 Å². The van der Waals surface area contributed by atoms with Gasteiger partial charge in [-0.05, 0) is 25.6 Å². The summed E-state index contributed by atoms with van der Waals surface area (Å²) in [6.07, 6.45) is 1.25. The smallest absolute Gasteiger partial charge is 0.434 e. The number of nitrogens with zero attached hydrogens (tertiary/aromatic N) is 6. The molecule has 4 heterocycles. The first-order valence-corrected chi connectivity index (χ1v) is 10.2. The molecule has 1 aliphatic heterocycles. The highest BCUT2D eigenvalue weighted by Gasteiger charge is 2.32. The van der Waals surface area contributed by atoms with Crippen molar-refractivity contribution >= 4 is 22.9 Å². The zero-order chi connectivity index (χ0) is 23.6. The van der Waals surface area contributed by atoms with Gasteiger partial charge in [-0.2, -0.15) is 18.3 Å². The Balaban J connectivity index is 1.53. The van der Waals surface area contributed by atoms with Gasteiger partial charge in [0.25, 0.3) is 0 Å². The number of likely N-dealkylation sites (tertiary alicyclic amines) is 1. The maximum absolute atomic E-state index is 12.7. The quantitative estimate of drug-likeness (QED) is 0.430. The van der Waals surface area contributed by atoms with Crippen molar-refractivity contribution in [2.75, 3.05) is 32.5 Å². The van der Waals surface area contributed by atoms with E-state index in [1.165, 1.54) is 6.20 Å².